The van der Waals surface area contributed by atoms with E-state index in [4.69, 9.17) is 5.73 Å². The molecule has 0 saturated carbocycles. The van der Waals surface area contributed by atoms with Gasteiger partial charge in [-0.25, -0.2) is 4.39 Å². The Morgan fingerprint density at radius 3 is 2.33 bits per heavy atom. The van der Waals surface area contributed by atoms with E-state index in [9.17, 15) is 14.0 Å². The molecule has 3 atom stereocenters. The largest absolute Gasteiger partial charge is 0.352 e. The van der Waals surface area contributed by atoms with Crippen LogP contribution in [-0.2, 0) is 9.59 Å². The average molecular weight is 295 g/mol. The van der Waals surface area contributed by atoms with E-state index in [-0.39, 0.29) is 35.6 Å². The Balaban J connectivity index is 2.50. The Hall–Kier alpha value is -1.95. The molecule has 0 spiro atoms. The number of rotatable bonds is 6. The second-order valence-corrected chi connectivity index (χ2v) is 5.29. The maximum absolute atomic E-state index is 12.8. The number of hydrogen-bond donors (Lipinski definition) is 3. The molecule has 0 aliphatic heterocycles. The molecule has 0 saturated heterocycles. The Morgan fingerprint density at radius 2 is 1.81 bits per heavy atom. The van der Waals surface area contributed by atoms with Gasteiger partial charge in [0.2, 0.25) is 11.8 Å². The molecule has 0 aliphatic carbocycles. The van der Waals surface area contributed by atoms with Gasteiger partial charge in [0.1, 0.15) is 5.82 Å². The normalized spacial score (nSPS) is 14.9. The lowest BCUT2D eigenvalue weighted by atomic mass is 9.97. The summed E-state index contributed by atoms with van der Waals surface area (Å²) in [5.41, 5.74) is 6.51. The summed E-state index contributed by atoms with van der Waals surface area (Å²) in [7, 11) is 0. The number of anilines is 1. The Bertz CT molecular complexity index is 490. The van der Waals surface area contributed by atoms with Gasteiger partial charge in [0.15, 0.2) is 0 Å². The lowest BCUT2D eigenvalue weighted by Gasteiger charge is -2.23. The number of nitrogens with two attached hydrogens (primary N) is 1. The topological polar surface area (TPSA) is 84.2 Å². The van der Waals surface area contributed by atoms with Crippen LogP contribution in [0.2, 0.25) is 0 Å². The molecule has 6 heteroatoms. The maximum atomic E-state index is 12.8. The van der Waals surface area contributed by atoms with E-state index < -0.39 is 0 Å². The van der Waals surface area contributed by atoms with E-state index in [2.05, 4.69) is 10.6 Å². The summed E-state index contributed by atoms with van der Waals surface area (Å²) in [5, 5.41) is 5.41. The van der Waals surface area contributed by atoms with Gasteiger partial charge < -0.3 is 16.4 Å². The van der Waals surface area contributed by atoms with Crippen molar-refractivity contribution in [2.24, 2.45) is 11.7 Å². The third kappa shape index (κ3) is 5.91. The van der Waals surface area contributed by atoms with E-state index in [1.807, 2.05) is 0 Å². The van der Waals surface area contributed by atoms with Crippen molar-refractivity contribution < 1.29 is 14.0 Å². The molecular formula is C15H22FN3O2. The quantitative estimate of drug-likeness (QED) is 0.746. The van der Waals surface area contributed by atoms with Crippen LogP contribution in [0.5, 0.6) is 0 Å². The fourth-order valence-electron chi connectivity index (χ4n) is 1.95. The first-order chi connectivity index (χ1) is 9.79. The van der Waals surface area contributed by atoms with Crippen molar-refractivity contribution in [3.05, 3.63) is 30.1 Å². The molecule has 0 unspecified atom stereocenters. The lowest BCUT2D eigenvalue weighted by Crippen LogP contribution is -2.46. The molecule has 116 valence electrons. The van der Waals surface area contributed by atoms with E-state index in [0.717, 1.165) is 0 Å². The molecule has 1 aromatic carbocycles. The summed E-state index contributed by atoms with van der Waals surface area (Å²) in [6.45, 7) is 4.99. The van der Waals surface area contributed by atoms with Crippen LogP contribution in [0.4, 0.5) is 10.1 Å². The van der Waals surface area contributed by atoms with Crippen molar-refractivity contribution in [2.75, 3.05) is 5.32 Å². The number of carbonyl (C=O) groups excluding carboxylic acids is 2. The molecule has 0 bridgehead atoms. The molecular weight excluding hydrogens is 273 g/mol. The van der Waals surface area contributed by atoms with Gasteiger partial charge in [0.05, 0.1) is 0 Å². The first kappa shape index (κ1) is 17.1. The number of halogens is 1. The van der Waals surface area contributed by atoms with Gasteiger partial charge in [0.25, 0.3) is 0 Å². The highest BCUT2D eigenvalue weighted by atomic mass is 19.1. The third-order valence-corrected chi connectivity index (χ3v) is 3.26. The zero-order valence-corrected chi connectivity index (χ0v) is 12.5. The highest BCUT2D eigenvalue weighted by Crippen LogP contribution is 2.13. The van der Waals surface area contributed by atoms with Crippen molar-refractivity contribution in [1.82, 2.24) is 5.32 Å². The first-order valence-corrected chi connectivity index (χ1v) is 6.88. The highest BCUT2D eigenvalue weighted by Gasteiger charge is 2.21. The first-order valence-electron chi connectivity index (χ1n) is 6.88. The van der Waals surface area contributed by atoms with Gasteiger partial charge in [0, 0.05) is 30.6 Å². The summed E-state index contributed by atoms with van der Waals surface area (Å²) in [5.74, 6) is -1.01. The Labute approximate surface area is 124 Å². The van der Waals surface area contributed by atoms with Gasteiger partial charge in [-0.2, -0.15) is 0 Å². The van der Waals surface area contributed by atoms with Crippen molar-refractivity contribution in [3.8, 4) is 0 Å². The van der Waals surface area contributed by atoms with Crippen molar-refractivity contribution in [2.45, 2.75) is 39.3 Å². The fraction of sp³-hybridized carbons (Fsp3) is 0.467. The molecule has 0 heterocycles. The fourth-order valence-corrected chi connectivity index (χ4v) is 1.95. The van der Waals surface area contributed by atoms with E-state index in [1.165, 1.54) is 31.2 Å². The van der Waals surface area contributed by atoms with Crippen LogP contribution in [0.15, 0.2) is 24.3 Å². The lowest BCUT2D eigenvalue weighted by molar-refractivity contribution is -0.119. The van der Waals surface area contributed by atoms with Gasteiger partial charge in [-0.15, -0.1) is 0 Å². The summed E-state index contributed by atoms with van der Waals surface area (Å²) in [6, 6.07) is 5.04. The molecule has 1 aromatic rings. The zero-order chi connectivity index (χ0) is 16.0. The molecule has 0 aromatic heterocycles. The SMILES string of the molecule is CC(=O)N[C@@H](C)[C@@H](N)C[C@@H](C)C(=O)Nc1ccc(F)cc1. The predicted molar refractivity (Wildman–Crippen MR) is 80.1 cm³/mol. The smallest absolute Gasteiger partial charge is 0.227 e. The zero-order valence-electron chi connectivity index (χ0n) is 12.5. The van der Waals surface area contributed by atoms with Gasteiger partial charge in [-0.1, -0.05) is 6.92 Å². The second kappa shape index (κ2) is 7.73. The number of nitrogens with one attached hydrogen (secondary N) is 2. The Morgan fingerprint density at radius 1 is 1.24 bits per heavy atom. The monoisotopic (exact) mass is 295 g/mol. The summed E-state index contributed by atoms with van der Waals surface area (Å²) in [6.07, 6.45) is 0.439. The number of benzene rings is 1. The van der Waals surface area contributed by atoms with E-state index in [1.54, 1.807) is 13.8 Å². The number of hydrogen-bond acceptors (Lipinski definition) is 3. The summed E-state index contributed by atoms with van der Waals surface area (Å²) >= 11 is 0. The molecule has 4 N–H and O–H groups in total. The standard InChI is InChI=1S/C15H22FN3O2/c1-9(8-14(17)10(2)18-11(3)20)15(21)19-13-6-4-12(16)5-7-13/h4-7,9-10,14H,8,17H2,1-3H3,(H,18,20)(H,19,21)/t9-,10+,14+/m1/s1. The molecule has 2 amide bonds. The average Bonchev–Trinajstić information content (AvgIpc) is 2.40. The van der Waals surface area contributed by atoms with E-state index >= 15 is 0 Å². The van der Waals surface area contributed by atoms with Crippen molar-refractivity contribution >= 4 is 17.5 Å². The Kier molecular flexibility index (Phi) is 6.30. The highest BCUT2D eigenvalue weighted by molar-refractivity contribution is 5.92. The van der Waals surface area contributed by atoms with Crippen LogP contribution >= 0.6 is 0 Å². The summed E-state index contributed by atoms with van der Waals surface area (Å²) in [4.78, 5) is 23.0. The molecule has 1 rings (SSSR count). The molecule has 0 radical (unpaired) electrons. The van der Waals surface area contributed by atoms with Gasteiger partial charge in [-0.3, -0.25) is 9.59 Å². The van der Waals surface area contributed by atoms with Crippen LogP contribution in [0, 0.1) is 11.7 Å². The second-order valence-electron chi connectivity index (χ2n) is 5.29. The van der Waals surface area contributed by atoms with Crippen molar-refractivity contribution in [3.63, 3.8) is 0 Å². The third-order valence-electron chi connectivity index (χ3n) is 3.26. The van der Waals surface area contributed by atoms with Crippen molar-refractivity contribution in [1.29, 1.82) is 0 Å². The minimum Gasteiger partial charge on any atom is -0.352 e. The van der Waals surface area contributed by atoms with Crippen LogP contribution in [0.1, 0.15) is 27.2 Å². The maximum Gasteiger partial charge on any atom is 0.227 e. The van der Waals surface area contributed by atoms with Crippen LogP contribution < -0.4 is 16.4 Å². The summed E-state index contributed by atoms with van der Waals surface area (Å²) < 4.78 is 12.8. The number of amides is 2. The molecule has 21 heavy (non-hydrogen) atoms. The minimum atomic E-state index is -0.354. The predicted octanol–water partition coefficient (Wildman–Crippen LogP) is 1.64. The van der Waals surface area contributed by atoms with Gasteiger partial charge in [-0.05, 0) is 37.6 Å². The van der Waals surface area contributed by atoms with Gasteiger partial charge >= 0.3 is 0 Å². The van der Waals surface area contributed by atoms with Crippen LogP contribution in [0.3, 0.4) is 0 Å². The van der Waals surface area contributed by atoms with Crippen LogP contribution in [0.25, 0.3) is 0 Å². The molecule has 0 aliphatic rings. The number of carbonyl (C=O) groups is 2. The molecule has 0 fully saturated rings. The molecule has 5 nitrogen and oxygen atoms in total. The van der Waals surface area contributed by atoms with Crippen LogP contribution in [-0.4, -0.2) is 23.9 Å². The minimum absolute atomic E-state index is 0.152. The van der Waals surface area contributed by atoms with E-state index in [0.29, 0.717) is 12.1 Å².